The van der Waals surface area contributed by atoms with Gasteiger partial charge in [0.15, 0.2) is 0 Å². The summed E-state index contributed by atoms with van der Waals surface area (Å²) < 4.78 is 5.60. The molecule has 2 aromatic carbocycles. The molecule has 2 amide bonds. The Bertz CT molecular complexity index is 1010. The van der Waals surface area contributed by atoms with E-state index in [1.54, 1.807) is 16.1 Å². The van der Waals surface area contributed by atoms with E-state index in [0.717, 1.165) is 42.2 Å². The number of nitrogens with zero attached hydrogens (tertiary/aromatic N) is 3. The quantitative estimate of drug-likeness (QED) is 0.116. The molecule has 0 saturated heterocycles. The van der Waals surface area contributed by atoms with E-state index in [9.17, 15) is 14.4 Å². The fourth-order valence-electron chi connectivity index (χ4n) is 4.77. The molecular weight excluding hydrogens is 745 g/mol. The van der Waals surface area contributed by atoms with Crippen LogP contribution in [0.15, 0.2) is 48.5 Å². The minimum absolute atomic E-state index is 0. The van der Waals surface area contributed by atoms with Crippen LogP contribution < -0.4 is 61.0 Å². The smallest absolute Gasteiger partial charge is 0.817 e. The van der Waals surface area contributed by atoms with Crippen molar-refractivity contribution in [3.63, 3.8) is 0 Å². The predicted molar refractivity (Wildman–Crippen MR) is 166 cm³/mol. The van der Waals surface area contributed by atoms with E-state index in [2.05, 4.69) is 26.3 Å². The molecule has 2 aromatic rings. The Hall–Kier alpha value is -0.805. The summed E-state index contributed by atoms with van der Waals surface area (Å²) in [6.07, 6.45) is 14.3. The minimum Gasteiger partial charge on any atom is -0.817 e. The second-order valence-corrected chi connectivity index (χ2v) is 9.70. The summed E-state index contributed by atoms with van der Waals surface area (Å²) >= 11 is 4.08. The minimum atomic E-state index is 0. The molecule has 3 aliphatic rings. The number of rotatable bonds is 5. The number of fused-ring (bicyclic) bond motifs is 2. The Morgan fingerprint density at radius 2 is 1.67 bits per heavy atom. The Morgan fingerprint density at radius 1 is 1.05 bits per heavy atom. The number of benzene rings is 2. The number of anilines is 1. The van der Waals surface area contributed by atoms with Crippen LogP contribution in [0.4, 0.5) is 5.69 Å². The van der Waals surface area contributed by atoms with Gasteiger partial charge in [-0.25, -0.2) is 6.72 Å². The normalized spacial score (nSPS) is 14.5. The van der Waals surface area contributed by atoms with Crippen molar-refractivity contribution in [2.24, 2.45) is 5.92 Å². The molecule has 1 fully saturated rings. The van der Waals surface area contributed by atoms with Crippen LogP contribution in [0, 0.1) is 5.92 Å². The Labute approximate surface area is 315 Å². The van der Waals surface area contributed by atoms with Crippen molar-refractivity contribution < 1.29 is 91.6 Å². The van der Waals surface area contributed by atoms with Gasteiger partial charge in [-0.05, 0) is 31.4 Å². The monoisotopic (exact) mass is 789 g/mol. The summed E-state index contributed by atoms with van der Waals surface area (Å²) in [4.78, 5) is 36.0. The summed E-state index contributed by atoms with van der Waals surface area (Å²) in [5, 5.41) is 6.75. The van der Waals surface area contributed by atoms with E-state index < -0.39 is 0 Å². The average Bonchev–Trinajstić information content (AvgIpc) is 3.31. The zero-order chi connectivity index (χ0) is 29.6. The number of aldehydes is 1. The van der Waals surface area contributed by atoms with Gasteiger partial charge in [-0.2, -0.15) is 6.26 Å². The molecule has 0 atom stereocenters. The van der Waals surface area contributed by atoms with Crippen LogP contribution in [-0.4, -0.2) is 56.2 Å². The second kappa shape index (κ2) is 27.7. The predicted octanol–water partition coefficient (Wildman–Crippen LogP) is 2.90. The van der Waals surface area contributed by atoms with Crippen molar-refractivity contribution in [1.82, 2.24) is 4.90 Å². The van der Waals surface area contributed by atoms with Gasteiger partial charge in [0.1, 0.15) is 18.6 Å². The number of ether oxygens (including phenoxy) is 1. The maximum absolute atomic E-state index is 12.0. The zero-order valence-electron chi connectivity index (χ0n) is 25.5. The summed E-state index contributed by atoms with van der Waals surface area (Å²) in [6.45, 7) is 7.11. The maximum Gasteiger partial charge on any atom is 2.00 e. The van der Waals surface area contributed by atoms with Crippen molar-refractivity contribution in [3.8, 4) is 5.75 Å². The van der Waals surface area contributed by atoms with Crippen LogP contribution in [0.25, 0.3) is 5.41 Å². The first-order valence-electron chi connectivity index (χ1n) is 14.0. The summed E-state index contributed by atoms with van der Waals surface area (Å²) in [6, 6.07) is 15.7. The van der Waals surface area contributed by atoms with Gasteiger partial charge in [0.25, 0.3) is 0 Å². The van der Waals surface area contributed by atoms with E-state index in [0.29, 0.717) is 39.0 Å². The molecule has 0 N–H and O–H groups in total. The largest absolute Gasteiger partial charge is 2.00 e. The first kappa shape index (κ1) is 43.3. The molecule has 10 heteroatoms. The van der Waals surface area contributed by atoms with Crippen molar-refractivity contribution in [1.29, 1.82) is 0 Å². The van der Waals surface area contributed by atoms with Crippen molar-refractivity contribution >= 4 is 43.6 Å². The standard InChI is InChI=1S/C14H17NO3.C9H8NO.C7H14.CH2N.CH4S.K.W/c16-9-4-3-7-14(17)15-8-10-18-13-6-2-1-5-12(13)11-15;11-7-10-6-5-8-3-1-2-4-9(8)10;1-7-5-3-2-4-6-7;2*1-2;;/h1-2,5-6,9H,3-4,7-8,10-11H2;1-4H,5-6H2;7H,2-6H2,1H3;1H2;2H,1H3;;/q;-1;;-1;;+1;+2/p-1. The Kier molecular flexibility index (Phi) is 28.6. The Balaban J connectivity index is 0. The van der Waals surface area contributed by atoms with Gasteiger partial charge in [0.2, 0.25) is 5.91 Å². The van der Waals surface area contributed by atoms with E-state index >= 15 is 0 Å². The molecule has 5 rings (SSSR count). The third-order valence-corrected chi connectivity index (χ3v) is 6.91. The molecule has 2 heterocycles. The maximum atomic E-state index is 12.0. The number of unbranched alkanes of at least 4 members (excludes halogenated alkanes) is 1. The topological polar surface area (TPSA) is 89.2 Å². The molecule has 0 unspecified atom stereocenters. The van der Waals surface area contributed by atoms with Crippen LogP contribution >= 0.6 is 0 Å². The van der Waals surface area contributed by atoms with Crippen molar-refractivity contribution in [3.05, 3.63) is 65.1 Å². The molecule has 224 valence electrons. The summed E-state index contributed by atoms with van der Waals surface area (Å²) in [7, 11) is 0. The average molecular weight is 790 g/mol. The molecule has 0 radical (unpaired) electrons. The number of para-hydroxylation sites is 2. The molecule has 0 aromatic heterocycles. The van der Waals surface area contributed by atoms with E-state index in [1.807, 2.05) is 54.9 Å². The molecule has 7 nitrogen and oxygen atoms in total. The van der Waals surface area contributed by atoms with Crippen LogP contribution in [0.1, 0.15) is 69.4 Å². The number of amides is 2. The summed E-state index contributed by atoms with van der Waals surface area (Å²) in [5.41, 5.74) is 3.30. The summed E-state index contributed by atoms with van der Waals surface area (Å²) in [5.74, 6) is 1.99. The molecular formula is C32H44KN3O4SW. The van der Waals surface area contributed by atoms with Gasteiger partial charge >= 0.3 is 72.4 Å². The molecule has 1 saturated carbocycles. The zero-order valence-corrected chi connectivity index (χ0v) is 32.3. The fraction of sp³-hybridized carbons (Fsp3) is 0.500. The van der Waals surface area contributed by atoms with Crippen LogP contribution in [0.2, 0.25) is 0 Å². The van der Waals surface area contributed by atoms with Gasteiger partial charge in [-0.15, -0.1) is 17.3 Å². The third kappa shape index (κ3) is 16.3. The van der Waals surface area contributed by atoms with Crippen LogP contribution in [0.5, 0.6) is 5.75 Å². The number of hydrogen-bond acceptors (Lipinski definition) is 5. The van der Waals surface area contributed by atoms with E-state index in [-0.39, 0.29) is 78.4 Å². The molecule has 0 spiro atoms. The number of carbonyl (C=O) groups excluding carboxylic acids is 3. The van der Waals surface area contributed by atoms with Crippen molar-refractivity contribution in [2.45, 2.75) is 71.3 Å². The number of hydrogen-bond donors (Lipinski definition) is 0. The fourth-order valence-corrected chi connectivity index (χ4v) is 4.77. The molecule has 2 aliphatic heterocycles. The van der Waals surface area contributed by atoms with Crippen LogP contribution in [0.3, 0.4) is 0 Å². The first-order chi connectivity index (χ1) is 19.6. The molecule has 0 bridgehead atoms. The Morgan fingerprint density at radius 3 is 2.26 bits per heavy atom. The van der Waals surface area contributed by atoms with Crippen molar-refractivity contribution in [2.75, 3.05) is 30.9 Å². The van der Waals surface area contributed by atoms with E-state index in [1.165, 1.54) is 37.7 Å². The first-order valence-corrected chi connectivity index (χ1v) is 14.8. The van der Waals surface area contributed by atoms with Gasteiger partial charge in [-0.1, -0.05) is 75.4 Å². The second-order valence-electron chi connectivity index (χ2n) is 9.70. The van der Waals surface area contributed by atoms with Crippen LogP contribution in [-0.2, 0) is 61.0 Å². The van der Waals surface area contributed by atoms with Gasteiger partial charge in [-0.3, -0.25) is 4.79 Å². The molecule has 1 aliphatic carbocycles. The number of carbonyl (C=O) groups is 2. The van der Waals surface area contributed by atoms with Gasteiger partial charge in [0, 0.05) is 24.9 Å². The SMILES string of the molecule is C=[N-].CC1CCCCC1.C[S-].O=CCCCC(=O)N1CCOc2ccccc2C1.O=[C-]N1CCc2ccccc21.[K+].[W+2]. The third-order valence-electron chi connectivity index (χ3n) is 6.91. The van der Waals surface area contributed by atoms with Gasteiger partial charge in [0.05, 0.1) is 13.0 Å². The van der Waals surface area contributed by atoms with E-state index in [4.69, 9.17) is 10.1 Å². The molecule has 42 heavy (non-hydrogen) atoms. The van der Waals surface area contributed by atoms with Gasteiger partial charge < -0.3 is 42.2 Å².